The quantitative estimate of drug-likeness (QED) is 0.638. The summed E-state index contributed by atoms with van der Waals surface area (Å²) in [5.74, 6) is 2.12. The summed E-state index contributed by atoms with van der Waals surface area (Å²) >= 11 is 0. The topological polar surface area (TPSA) is 49.8 Å². The molecule has 2 aromatic carbocycles. The number of nitrogens with one attached hydrogen (secondary N) is 2. The molecule has 5 heteroatoms. The molecule has 0 spiro atoms. The van der Waals surface area contributed by atoms with E-state index in [0.29, 0.717) is 0 Å². The van der Waals surface area contributed by atoms with E-state index in [4.69, 9.17) is 0 Å². The number of aryl methyl sites for hydroxylation is 1. The normalized spacial score (nSPS) is 10.5. The Hall–Kier alpha value is -2.95. The Morgan fingerprint density at radius 3 is 1.88 bits per heavy atom. The second-order valence-corrected chi connectivity index (χ2v) is 6.15. The molecule has 0 saturated carbocycles. The third-order valence-corrected chi connectivity index (χ3v) is 4.03. The molecule has 0 aliphatic rings. The van der Waals surface area contributed by atoms with E-state index in [0.717, 1.165) is 49.0 Å². The molecule has 0 fully saturated rings. The molecule has 134 valence electrons. The van der Waals surface area contributed by atoms with Crippen LogP contribution in [0, 0.1) is 12.7 Å². The van der Waals surface area contributed by atoms with E-state index in [9.17, 15) is 4.39 Å². The van der Waals surface area contributed by atoms with Crippen molar-refractivity contribution in [3.05, 3.63) is 83.4 Å². The van der Waals surface area contributed by atoms with Gasteiger partial charge in [0, 0.05) is 19.2 Å². The number of aromatic nitrogens is 2. The maximum absolute atomic E-state index is 12.9. The van der Waals surface area contributed by atoms with Crippen LogP contribution in [0.3, 0.4) is 0 Å². The number of rotatable bonds is 8. The first-order valence-corrected chi connectivity index (χ1v) is 8.81. The van der Waals surface area contributed by atoms with Crippen molar-refractivity contribution in [1.82, 2.24) is 9.97 Å². The molecule has 3 aromatic rings. The molecule has 0 bridgehead atoms. The van der Waals surface area contributed by atoms with Crippen molar-refractivity contribution in [3.63, 3.8) is 0 Å². The smallest absolute Gasteiger partial charge is 0.131 e. The molecule has 0 aliphatic heterocycles. The highest BCUT2D eigenvalue weighted by atomic mass is 19.1. The molecule has 0 aliphatic carbocycles. The van der Waals surface area contributed by atoms with Crippen LogP contribution in [0.25, 0.3) is 0 Å². The van der Waals surface area contributed by atoms with Gasteiger partial charge >= 0.3 is 0 Å². The number of hydrogen-bond acceptors (Lipinski definition) is 4. The van der Waals surface area contributed by atoms with Gasteiger partial charge in [0.15, 0.2) is 0 Å². The third-order valence-electron chi connectivity index (χ3n) is 4.03. The Morgan fingerprint density at radius 2 is 1.31 bits per heavy atom. The van der Waals surface area contributed by atoms with Gasteiger partial charge in [0.1, 0.15) is 23.3 Å². The van der Waals surface area contributed by atoms with E-state index in [1.807, 2.05) is 31.2 Å². The van der Waals surface area contributed by atoms with Gasteiger partial charge in [0.25, 0.3) is 0 Å². The van der Waals surface area contributed by atoms with Crippen LogP contribution in [0.15, 0.2) is 60.7 Å². The number of benzene rings is 2. The summed E-state index contributed by atoms with van der Waals surface area (Å²) in [6, 6.07) is 18.9. The second kappa shape index (κ2) is 8.94. The highest BCUT2D eigenvalue weighted by molar-refractivity contribution is 5.47. The van der Waals surface area contributed by atoms with Crippen LogP contribution in [0.5, 0.6) is 0 Å². The van der Waals surface area contributed by atoms with E-state index >= 15 is 0 Å². The Morgan fingerprint density at radius 1 is 0.769 bits per heavy atom. The van der Waals surface area contributed by atoms with Crippen molar-refractivity contribution in [1.29, 1.82) is 0 Å². The third kappa shape index (κ3) is 5.55. The van der Waals surface area contributed by atoms with E-state index in [-0.39, 0.29) is 5.82 Å². The molecule has 2 N–H and O–H groups in total. The molecular formula is C21H23FN4. The van der Waals surface area contributed by atoms with Crippen molar-refractivity contribution in [2.45, 2.75) is 19.8 Å². The van der Waals surface area contributed by atoms with Crippen molar-refractivity contribution in [3.8, 4) is 0 Å². The molecular weight excluding hydrogens is 327 g/mol. The zero-order valence-corrected chi connectivity index (χ0v) is 14.9. The van der Waals surface area contributed by atoms with Crippen LogP contribution in [0.2, 0.25) is 0 Å². The van der Waals surface area contributed by atoms with E-state index in [2.05, 4.69) is 32.7 Å². The summed E-state index contributed by atoms with van der Waals surface area (Å²) in [6.45, 7) is 3.43. The highest BCUT2D eigenvalue weighted by Crippen LogP contribution is 2.12. The Kier molecular flexibility index (Phi) is 6.14. The molecule has 0 amide bonds. The van der Waals surface area contributed by atoms with Gasteiger partial charge in [-0.05, 0) is 43.0 Å². The summed E-state index contributed by atoms with van der Waals surface area (Å²) in [5.41, 5.74) is 2.38. The van der Waals surface area contributed by atoms with Gasteiger partial charge in [-0.1, -0.05) is 42.5 Å². The molecule has 0 unspecified atom stereocenters. The fraction of sp³-hybridized carbons (Fsp3) is 0.238. The molecule has 1 aromatic heterocycles. The van der Waals surface area contributed by atoms with Gasteiger partial charge in [-0.25, -0.2) is 14.4 Å². The monoisotopic (exact) mass is 350 g/mol. The molecule has 4 nitrogen and oxygen atoms in total. The van der Waals surface area contributed by atoms with Crippen LogP contribution in [0.1, 0.15) is 17.0 Å². The van der Waals surface area contributed by atoms with Gasteiger partial charge < -0.3 is 10.6 Å². The summed E-state index contributed by atoms with van der Waals surface area (Å²) in [6.07, 6.45) is 1.75. The first-order valence-electron chi connectivity index (χ1n) is 8.81. The maximum atomic E-state index is 12.9. The standard InChI is InChI=1S/C21H23FN4/c1-16-25-20(23-13-11-17-5-3-2-4-6-17)15-21(26-16)24-14-12-18-7-9-19(22)10-8-18/h2-10,15H,11-14H2,1H3,(H2,23,24,25,26). The largest absolute Gasteiger partial charge is 0.370 e. The fourth-order valence-electron chi connectivity index (χ4n) is 2.71. The molecule has 0 saturated heterocycles. The summed E-state index contributed by atoms with van der Waals surface area (Å²) in [5, 5.41) is 6.67. The minimum Gasteiger partial charge on any atom is -0.370 e. The molecule has 0 radical (unpaired) electrons. The lowest BCUT2D eigenvalue weighted by molar-refractivity contribution is 0.627. The van der Waals surface area contributed by atoms with Crippen molar-refractivity contribution in [2.75, 3.05) is 23.7 Å². The number of hydrogen-bond donors (Lipinski definition) is 2. The molecule has 0 atom stereocenters. The van der Waals surface area contributed by atoms with Gasteiger partial charge in [0.05, 0.1) is 0 Å². The molecule has 26 heavy (non-hydrogen) atoms. The maximum Gasteiger partial charge on any atom is 0.131 e. The predicted octanol–water partition coefficient (Wildman–Crippen LogP) is 4.23. The summed E-state index contributed by atoms with van der Waals surface area (Å²) < 4.78 is 12.9. The lowest BCUT2D eigenvalue weighted by atomic mass is 10.1. The fourth-order valence-corrected chi connectivity index (χ4v) is 2.71. The number of anilines is 2. The van der Waals surface area contributed by atoms with Crippen molar-refractivity contribution >= 4 is 11.6 Å². The second-order valence-electron chi connectivity index (χ2n) is 6.15. The predicted molar refractivity (Wildman–Crippen MR) is 104 cm³/mol. The Bertz CT molecular complexity index is 819. The van der Waals surface area contributed by atoms with Gasteiger partial charge in [0.2, 0.25) is 0 Å². The van der Waals surface area contributed by atoms with Gasteiger partial charge in [-0.3, -0.25) is 0 Å². The molecule has 1 heterocycles. The first-order chi connectivity index (χ1) is 12.7. The Balaban J connectivity index is 1.51. The van der Waals surface area contributed by atoms with Crippen LogP contribution in [-0.2, 0) is 12.8 Å². The van der Waals surface area contributed by atoms with Crippen LogP contribution < -0.4 is 10.6 Å². The first kappa shape index (κ1) is 17.9. The van der Waals surface area contributed by atoms with E-state index < -0.39 is 0 Å². The minimum absolute atomic E-state index is 0.209. The average Bonchev–Trinajstić information content (AvgIpc) is 2.64. The average molecular weight is 350 g/mol. The zero-order chi connectivity index (χ0) is 18.2. The zero-order valence-electron chi connectivity index (χ0n) is 14.9. The number of halogens is 1. The Labute approximate surface area is 153 Å². The minimum atomic E-state index is -0.209. The number of nitrogens with zero attached hydrogens (tertiary/aromatic N) is 2. The van der Waals surface area contributed by atoms with Crippen LogP contribution in [0.4, 0.5) is 16.0 Å². The summed E-state index contributed by atoms with van der Waals surface area (Å²) in [4.78, 5) is 8.86. The van der Waals surface area contributed by atoms with Gasteiger partial charge in [-0.2, -0.15) is 0 Å². The van der Waals surface area contributed by atoms with E-state index in [1.54, 1.807) is 12.1 Å². The SMILES string of the molecule is Cc1nc(NCCc2ccccc2)cc(NCCc2ccc(F)cc2)n1. The van der Waals surface area contributed by atoms with Crippen LogP contribution in [-0.4, -0.2) is 23.1 Å². The highest BCUT2D eigenvalue weighted by Gasteiger charge is 2.02. The van der Waals surface area contributed by atoms with Gasteiger partial charge in [-0.15, -0.1) is 0 Å². The van der Waals surface area contributed by atoms with Crippen LogP contribution >= 0.6 is 0 Å². The molecule has 3 rings (SSSR count). The summed E-state index contributed by atoms with van der Waals surface area (Å²) in [7, 11) is 0. The van der Waals surface area contributed by atoms with E-state index in [1.165, 1.54) is 17.7 Å². The van der Waals surface area contributed by atoms with Crippen molar-refractivity contribution < 1.29 is 4.39 Å². The lowest BCUT2D eigenvalue weighted by Crippen LogP contribution is -2.11. The lowest BCUT2D eigenvalue weighted by Gasteiger charge is -2.10. The van der Waals surface area contributed by atoms with Crippen molar-refractivity contribution in [2.24, 2.45) is 0 Å².